The molecule has 0 saturated carbocycles. The van der Waals surface area contributed by atoms with Gasteiger partial charge in [0.2, 0.25) is 5.91 Å². The summed E-state index contributed by atoms with van der Waals surface area (Å²) in [5, 5.41) is 2.03. The number of carbonyl (C=O) groups is 1. The van der Waals surface area contributed by atoms with Crippen LogP contribution in [-0.2, 0) is 4.79 Å². The molecule has 1 amide bonds. The first-order valence-electron chi connectivity index (χ1n) is 5.24. The van der Waals surface area contributed by atoms with Crippen molar-refractivity contribution in [3.8, 4) is 5.75 Å². The number of hydrogen-bond acceptors (Lipinski definition) is 3. The van der Waals surface area contributed by atoms with E-state index in [2.05, 4.69) is 0 Å². The maximum atomic E-state index is 11.0. The van der Waals surface area contributed by atoms with Crippen LogP contribution in [0.5, 0.6) is 5.75 Å². The van der Waals surface area contributed by atoms with E-state index in [1.54, 1.807) is 13.2 Å². The van der Waals surface area contributed by atoms with Crippen molar-refractivity contribution < 1.29 is 9.53 Å². The van der Waals surface area contributed by atoms with Crippen LogP contribution in [0.1, 0.15) is 11.6 Å². The Morgan fingerprint density at radius 1 is 1.18 bits per heavy atom. The molecule has 1 unspecified atom stereocenters. The fourth-order valence-corrected chi connectivity index (χ4v) is 1.73. The Morgan fingerprint density at radius 2 is 1.82 bits per heavy atom. The van der Waals surface area contributed by atoms with Gasteiger partial charge in [0.15, 0.2) is 0 Å². The molecular formula is C13H14N2O2. The van der Waals surface area contributed by atoms with Crippen LogP contribution >= 0.6 is 0 Å². The van der Waals surface area contributed by atoms with E-state index in [9.17, 15) is 4.79 Å². The van der Waals surface area contributed by atoms with Crippen molar-refractivity contribution >= 4 is 16.7 Å². The molecule has 0 saturated heterocycles. The first kappa shape index (κ1) is 11.4. The van der Waals surface area contributed by atoms with Crippen LogP contribution in [0.2, 0.25) is 0 Å². The third-order valence-electron chi connectivity index (χ3n) is 2.74. The fourth-order valence-electron chi connectivity index (χ4n) is 1.73. The summed E-state index contributed by atoms with van der Waals surface area (Å²) in [6.45, 7) is 0. The molecule has 1 atom stereocenters. The van der Waals surface area contributed by atoms with Crippen molar-refractivity contribution in [1.82, 2.24) is 0 Å². The molecule has 0 aliphatic heterocycles. The van der Waals surface area contributed by atoms with Crippen molar-refractivity contribution in [1.29, 1.82) is 0 Å². The van der Waals surface area contributed by atoms with Crippen LogP contribution in [0.15, 0.2) is 36.4 Å². The molecule has 4 nitrogen and oxygen atoms in total. The summed E-state index contributed by atoms with van der Waals surface area (Å²) in [7, 11) is 1.62. The lowest BCUT2D eigenvalue weighted by molar-refractivity contribution is -0.119. The first-order chi connectivity index (χ1) is 8.11. The van der Waals surface area contributed by atoms with Crippen molar-refractivity contribution in [2.75, 3.05) is 7.11 Å². The van der Waals surface area contributed by atoms with Crippen LogP contribution in [-0.4, -0.2) is 13.0 Å². The molecule has 2 aromatic carbocycles. The topological polar surface area (TPSA) is 78.3 Å². The van der Waals surface area contributed by atoms with E-state index in [-0.39, 0.29) is 0 Å². The summed E-state index contributed by atoms with van der Waals surface area (Å²) in [5.41, 5.74) is 11.6. The van der Waals surface area contributed by atoms with Gasteiger partial charge in [0.1, 0.15) is 11.8 Å². The zero-order valence-electron chi connectivity index (χ0n) is 9.51. The van der Waals surface area contributed by atoms with Gasteiger partial charge in [-0.3, -0.25) is 4.79 Å². The summed E-state index contributed by atoms with van der Waals surface area (Å²) < 4.78 is 5.14. The summed E-state index contributed by atoms with van der Waals surface area (Å²) in [4.78, 5) is 11.0. The molecule has 0 radical (unpaired) electrons. The number of fused-ring (bicyclic) bond motifs is 1. The van der Waals surface area contributed by atoms with E-state index in [0.29, 0.717) is 0 Å². The number of amides is 1. The van der Waals surface area contributed by atoms with Gasteiger partial charge in [0.05, 0.1) is 7.11 Å². The Kier molecular flexibility index (Phi) is 2.97. The van der Waals surface area contributed by atoms with Crippen LogP contribution in [0.4, 0.5) is 0 Å². The van der Waals surface area contributed by atoms with Crippen molar-refractivity contribution in [3.05, 3.63) is 42.0 Å². The second kappa shape index (κ2) is 4.43. The molecule has 0 heterocycles. The van der Waals surface area contributed by atoms with E-state index < -0.39 is 11.9 Å². The van der Waals surface area contributed by atoms with Gasteiger partial charge in [0, 0.05) is 0 Å². The number of primary amides is 1. The van der Waals surface area contributed by atoms with Gasteiger partial charge in [0.25, 0.3) is 0 Å². The van der Waals surface area contributed by atoms with Crippen LogP contribution in [0.25, 0.3) is 10.8 Å². The number of nitrogens with two attached hydrogens (primary N) is 2. The van der Waals surface area contributed by atoms with Crippen molar-refractivity contribution in [2.24, 2.45) is 11.5 Å². The lowest BCUT2D eigenvalue weighted by Crippen LogP contribution is -2.28. The molecule has 4 heteroatoms. The predicted octanol–water partition coefficient (Wildman–Crippen LogP) is 1.33. The predicted molar refractivity (Wildman–Crippen MR) is 66.6 cm³/mol. The molecular weight excluding hydrogens is 216 g/mol. The summed E-state index contributed by atoms with van der Waals surface area (Å²) in [6.07, 6.45) is 0. The number of benzene rings is 2. The van der Waals surface area contributed by atoms with E-state index >= 15 is 0 Å². The summed E-state index contributed by atoms with van der Waals surface area (Å²) >= 11 is 0. The molecule has 4 N–H and O–H groups in total. The lowest BCUT2D eigenvalue weighted by atomic mass is 10.0. The van der Waals surface area contributed by atoms with Crippen LogP contribution in [0.3, 0.4) is 0 Å². The number of rotatable bonds is 3. The Bertz CT molecular complexity index is 566. The molecule has 0 spiro atoms. The quantitative estimate of drug-likeness (QED) is 0.835. The molecule has 2 rings (SSSR count). The van der Waals surface area contributed by atoms with E-state index in [0.717, 1.165) is 22.1 Å². The molecule has 0 fully saturated rings. The maximum absolute atomic E-state index is 11.0. The van der Waals surface area contributed by atoms with E-state index in [1.807, 2.05) is 30.3 Å². The van der Waals surface area contributed by atoms with Gasteiger partial charge in [-0.15, -0.1) is 0 Å². The second-order valence-electron chi connectivity index (χ2n) is 3.85. The first-order valence-corrected chi connectivity index (χ1v) is 5.24. The van der Waals surface area contributed by atoms with Gasteiger partial charge in [-0.2, -0.15) is 0 Å². The minimum absolute atomic E-state index is 0.530. The smallest absolute Gasteiger partial charge is 0.238 e. The number of hydrogen-bond donors (Lipinski definition) is 2. The number of methoxy groups -OCH3 is 1. The van der Waals surface area contributed by atoms with Crippen LogP contribution < -0.4 is 16.2 Å². The molecule has 17 heavy (non-hydrogen) atoms. The average Bonchev–Trinajstić information content (AvgIpc) is 2.36. The zero-order valence-corrected chi connectivity index (χ0v) is 9.51. The SMILES string of the molecule is COc1ccc2cc(C(N)C(N)=O)ccc2c1. The van der Waals surface area contributed by atoms with Gasteiger partial charge < -0.3 is 16.2 Å². The largest absolute Gasteiger partial charge is 0.497 e. The molecule has 88 valence electrons. The zero-order chi connectivity index (χ0) is 12.4. The number of ether oxygens (including phenoxy) is 1. The normalized spacial score (nSPS) is 12.4. The highest BCUT2D eigenvalue weighted by molar-refractivity contribution is 5.87. The van der Waals surface area contributed by atoms with Gasteiger partial charge in [-0.05, 0) is 34.5 Å². The third kappa shape index (κ3) is 2.21. The molecule has 0 aromatic heterocycles. The Hall–Kier alpha value is -2.07. The Balaban J connectivity index is 2.48. The van der Waals surface area contributed by atoms with Crippen molar-refractivity contribution in [2.45, 2.75) is 6.04 Å². The minimum Gasteiger partial charge on any atom is -0.497 e. The molecule has 0 aliphatic carbocycles. The second-order valence-corrected chi connectivity index (χ2v) is 3.85. The highest BCUT2D eigenvalue weighted by Gasteiger charge is 2.12. The molecule has 0 bridgehead atoms. The Morgan fingerprint density at radius 3 is 2.47 bits per heavy atom. The summed E-state index contributed by atoms with van der Waals surface area (Å²) in [6, 6.07) is 10.5. The van der Waals surface area contributed by atoms with Gasteiger partial charge >= 0.3 is 0 Å². The fraction of sp³-hybridized carbons (Fsp3) is 0.154. The van der Waals surface area contributed by atoms with Gasteiger partial charge in [-0.25, -0.2) is 0 Å². The Labute approximate surface area is 99.2 Å². The minimum atomic E-state index is -0.762. The van der Waals surface area contributed by atoms with Crippen molar-refractivity contribution in [3.63, 3.8) is 0 Å². The van der Waals surface area contributed by atoms with E-state index in [1.165, 1.54) is 0 Å². The van der Waals surface area contributed by atoms with Gasteiger partial charge in [-0.1, -0.05) is 18.2 Å². The highest BCUT2D eigenvalue weighted by atomic mass is 16.5. The summed E-state index contributed by atoms with van der Waals surface area (Å²) in [5.74, 6) is 0.266. The standard InChI is InChI=1S/C13H14N2O2/c1-17-11-5-4-8-6-10(12(14)13(15)16)3-2-9(8)7-11/h2-7,12H,14H2,1H3,(H2,15,16). The van der Waals surface area contributed by atoms with Crippen LogP contribution in [0, 0.1) is 0 Å². The highest BCUT2D eigenvalue weighted by Crippen LogP contribution is 2.23. The number of carbonyl (C=O) groups excluding carboxylic acids is 1. The van der Waals surface area contributed by atoms with E-state index in [4.69, 9.17) is 16.2 Å². The molecule has 0 aliphatic rings. The lowest BCUT2D eigenvalue weighted by Gasteiger charge is -2.09. The third-order valence-corrected chi connectivity index (χ3v) is 2.74. The monoisotopic (exact) mass is 230 g/mol. The maximum Gasteiger partial charge on any atom is 0.238 e. The molecule has 2 aromatic rings. The average molecular weight is 230 g/mol.